The van der Waals surface area contributed by atoms with Crippen LogP contribution < -0.4 is 0 Å². The number of hydrogen-bond acceptors (Lipinski definition) is 6. The number of nitrogens with zero attached hydrogens (tertiary/aromatic N) is 4. The standard InChI is InChI=1S/C22H25ClF3N5OS/c1-3-31(19(21(23)27)14-29-18-8-5-10-28-13-18)20(32)9-11-30(2)33-15-16-6-4-7-17(12-16)22(24,25)26/h4-8,10,12-14,19,27H,3,9,11,15H2,1-2H3. The van der Waals surface area contributed by atoms with Gasteiger partial charge >= 0.3 is 6.18 Å². The monoisotopic (exact) mass is 499 g/mol. The third-order valence-electron chi connectivity index (χ3n) is 4.61. The molecule has 178 valence electrons. The van der Waals surface area contributed by atoms with Gasteiger partial charge in [-0.25, -0.2) is 0 Å². The number of aliphatic imine (C=N–C) groups is 1. The number of halogens is 4. The molecular weight excluding hydrogens is 475 g/mol. The van der Waals surface area contributed by atoms with Crippen molar-refractivity contribution in [1.82, 2.24) is 14.2 Å². The summed E-state index contributed by atoms with van der Waals surface area (Å²) in [6.07, 6.45) is 0.389. The number of pyridine rings is 1. The second-order valence-corrected chi connectivity index (χ2v) is 8.61. The van der Waals surface area contributed by atoms with E-state index in [0.29, 0.717) is 30.1 Å². The first-order valence-corrected chi connectivity index (χ1v) is 11.4. The van der Waals surface area contributed by atoms with Crippen LogP contribution >= 0.6 is 23.5 Å². The van der Waals surface area contributed by atoms with Crippen LogP contribution in [0.5, 0.6) is 0 Å². The van der Waals surface area contributed by atoms with Crippen molar-refractivity contribution >= 4 is 46.5 Å². The van der Waals surface area contributed by atoms with Crippen molar-refractivity contribution in [2.75, 3.05) is 20.1 Å². The molecule has 0 fully saturated rings. The molecule has 0 bridgehead atoms. The van der Waals surface area contributed by atoms with Crippen LogP contribution in [0.3, 0.4) is 0 Å². The van der Waals surface area contributed by atoms with E-state index in [4.69, 9.17) is 17.0 Å². The third kappa shape index (κ3) is 8.79. The minimum Gasteiger partial charge on any atom is -0.328 e. The molecule has 1 aromatic heterocycles. The molecule has 1 atom stereocenters. The topological polar surface area (TPSA) is 72.7 Å². The fourth-order valence-corrected chi connectivity index (χ4v) is 3.82. The first-order chi connectivity index (χ1) is 15.6. The Kier molecular flexibility index (Phi) is 10.3. The molecule has 33 heavy (non-hydrogen) atoms. The Balaban J connectivity index is 1.92. The molecule has 2 aromatic rings. The Hall–Kier alpha value is -2.43. The van der Waals surface area contributed by atoms with E-state index in [-0.39, 0.29) is 17.5 Å². The first kappa shape index (κ1) is 26.8. The van der Waals surface area contributed by atoms with Crippen LogP contribution in [0.2, 0.25) is 0 Å². The normalized spacial score (nSPS) is 12.8. The molecule has 0 saturated heterocycles. The number of rotatable bonds is 11. The number of benzene rings is 1. The maximum Gasteiger partial charge on any atom is 0.416 e. The summed E-state index contributed by atoms with van der Waals surface area (Å²) in [5, 5.41) is 7.62. The highest BCUT2D eigenvalue weighted by Crippen LogP contribution is 2.30. The van der Waals surface area contributed by atoms with Gasteiger partial charge in [0, 0.05) is 37.7 Å². The Labute approximate surface area is 200 Å². The molecule has 1 aromatic carbocycles. The lowest BCUT2D eigenvalue weighted by Crippen LogP contribution is -2.45. The lowest BCUT2D eigenvalue weighted by molar-refractivity contribution is -0.137. The minimum absolute atomic E-state index is 0.154. The number of alkyl halides is 3. The summed E-state index contributed by atoms with van der Waals surface area (Å²) in [6, 6.07) is 7.86. The average Bonchev–Trinajstić information content (AvgIpc) is 2.79. The molecule has 0 saturated carbocycles. The van der Waals surface area contributed by atoms with Crippen LogP contribution in [-0.4, -0.2) is 57.7 Å². The maximum absolute atomic E-state index is 12.9. The van der Waals surface area contributed by atoms with Crippen molar-refractivity contribution < 1.29 is 18.0 Å². The number of carbonyl (C=O) groups excluding carboxylic acids is 1. The second-order valence-electron chi connectivity index (χ2n) is 7.04. The van der Waals surface area contributed by atoms with E-state index in [1.54, 1.807) is 48.9 Å². The second kappa shape index (κ2) is 12.7. The van der Waals surface area contributed by atoms with E-state index in [9.17, 15) is 18.0 Å². The zero-order chi connectivity index (χ0) is 24.4. The van der Waals surface area contributed by atoms with Crippen LogP contribution in [-0.2, 0) is 16.7 Å². The molecule has 11 heteroatoms. The zero-order valence-electron chi connectivity index (χ0n) is 18.2. The zero-order valence-corrected chi connectivity index (χ0v) is 19.8. The molecular formula is C22H25ClF3N5OS. The Bertz CT molecular complexity index is 959. The van der Waals surface area contributed by atoms with Gasteiger partial charge in [-0.1, -0.05) is 41.7 Å². The van der Waals surface area contributed by atoms with Gasteiger partial charge in [0.1, 0.15) is 11.2 Å². The minimum atomic E-state index is -4.38. The molecule has 1 unspecified atom stereocenters. The lowest BCUT2D eigenvalue weighted by atomic mass is 10.1. The van der Waals surface area contributed by atoms with Gasteiger partial charge in [0.15, 0.2) is 0 Å². The van der Waals surface area contributed by atoms with Crippen molar-refractivity contribution in [1.29, 1.82) is 5.41 Å². The summed E-state index contributed by atoms with van der Waals surface area (Å²) in [4.78, 5) is 22.5. The van der Waals surface area contributed by atoms with E-state index in [1.807, 2.05) is 0 Å². The van der Waals surface area contributed by atoms with Crippen molar-refractivity contribution in [3.63, 3.8) is 0 Å². The summed E-state index contributed by atoms with van der Waals surface area (Å²) in [7, 11) is 1.77. The number of nitrogens with one attached hydrogen (secondary N) is 1. The SMILES string of the molecule is CCN(C(=O)CCN(C)SCc1cccc(C(F)(F)F)c1)C(C=Nc1cccnc1)C(=N)Cl. The number of hydrogen-bond donors (Lipinski definition) is 1. The average molecular weight is 500 g/mol. The summed E-state index contributed by atoms with van der Waals surface area (Å²) >= 11 is 7.27. The van der Waals surface area contributed by atoms with Gasteiger partial charge < -0.3 is 4.90 Å². The molecule has 1 N–H and O–H groups in total. The molecule has 2 rings (SSSR count). The lowest BCUT2D eigenvalue weighted by Gasteiger charge is -2.27. The van der Waals surface area contributed by atoms with Crippen molar-refractivity contribution in [2.45, 2.75) is 31.3 Å². The van der Waals surface area contributed by atoms with E-state index in [1.165, 1.54) is 29.1 Å². The molecule has 1 heterocycles. The van der Waals surface area contributed by atoms with Gasteiger partial charge in [-0.3, -0.25) is 24.5 Å². The van der Waals surface area contributed by atoms with Gasteiger partial charge in [-0.2, -0.15) is 13.2 Å². The Morgan fingerprint density at radius 3 is 2.70 bits per heavy atom. The van der Waals surface area contributed by atoms with Crippen molar-refractivity contribution in [3.05, 3.63) is 59.9 Å². The van der Waals surface area contributed by atoms with Crippen molar-refractivity contribution in [3.8, 4) is 0 Å². The molecule has 0 aliphatic rings. The van der Waals surface area contributed by atoms with Gasteiger partial charge in [0.05, 0.1) is 17.4 Å². The van der Waals surface area contributed by atoms with Crippen molar-refractivity contribution in [2.24, 2.45) is 4.99 Å². The highest BCUT2D eigenvalue weighted by molar-refractivity contribution is 7.96. The van der Waals surface area contributed by atoms with Gasteiger partial charge in [0.25, 0.3) is 0 Å². The fourth-order valence-electron chi connectivity index (χ4n) is 2.88. The van der Waals surface area contributed by atoms with Crippen LogP contribution in [0.15, 0.2) is 53.8 Å². The Morgan fingerprint density at radius 1 is 1.33 bits per heavy atom. The van der Waals surface area contributed by atoms with Crippen LogP contribution in [0.25, 0.3) is 0 Å². The molecule has 1 amide bonds. The van der Waals surface area contributed by atoms with E-state index < -0.39 is 17.8 Å². The highest BCUT2D eigenvalue weighted by Gasteiger charge is 2.30. The van der Waals surface area contributed by atoms with E-state index in [0.717, 1.165) is 12.1 Å². The Morgan fingerprint density at radius 2 is 2.09 bits per heavy atom. The smallest absolute Gasteiger partial charge is 0.328 e. The van der Waals surface area contributed by atoms with E-state index >= 15 is 0 Å². The summed E-state index contributed by atoms with van der Waals surface area (Å²) in [5.74, 6) is 0.135. The summed E-state index contributed by atoms with van der Waals surface area (Å²) < 4.78 is 40.4. The van der Waals surface area contributed by atoms with Gasteiger partial charge in [-0.15, -0.1) is 0 Å². The third-order valence-corrected chi connectivity index (χ3v) is 5.92. The summed E-state index contributed by atoms with van der Waals surface area (Å²) in [5.41, 5.74) is 0.444. The fraction of sp³-hybridized carbons (Fsp3) is 0.364. The number of carbonyl (C=O) groups is 1. The van der Waals surface area contributed by atoms with Crippen LogP contribution in [0, 0.1) is 5.41 Å². The highest BCUT2D eigenvalue weighted by atomic mass is 35.5. The number of aromatic nitrogens is 1. The first-order valence-electron chi connectivity index (χ1n) is 10.1. The predicted octanol–water partition coefficient (Wildman–Crippen LogP) is 5.41. The predicted molar refractivity (Wildman–Crippen MR) is 127 cm³/mol. The summed E-state index contributed by atoms with van der Waals surface area (Å²) in [6.45, 7) is 2.49. The van der Waals surface area contributed by atoms with Crippen LogP contribution in [0.1, 0.15) is 24.5 Å². The molecule has 0 aliphatic heterocycles. The van der Waals surface area contributed by atoms with Gasteiger partial charge in [-0.05, 0) is 37.7 Å². The molecule has 0 spiro atoms. The quantitative estimate of drug-likeness (QED) is 0.331. The van der Waals surface area contributed by atoms with E-state index in [2.05, 4.69) is 9.98 Å². The molecule has 6 nitrogen and oxygen atoms in total. The van der Waals surface area contributed by atoms with Gasteiger partial charge in [0.2, 0.25) is 5.91 Å². The number of amides is 1. The largest absolute Gasteiger partial charge is 0.416 e. The molecule has 0 aliphatic carbocycles. The maximum atomic E-state index is 12.9. The molecule has 0 radical (unpaired) electrons. The van der Waals surface area contributed by atoms with Crippen LogP contribution in [0.4, 0.5) is 18.9 Å².